The second kappa shape index (κ2) is 6.80. The quantitative estimate of drug-likeness (QED) is 0.657. The van der Waals surface area contributed by atoms with E-state index in [1.165, 1.54) is 5.69 Å². The molecule has 0 unspecified atom stereocenters. The summed E-state index contributed by atoms with van der Waals surface area (Å²) in [6.07, 6.45) is 0. The molecule has 1 aromatic carbocycles. The molecular weight excluding hydrogens is 264 g/mol. The number of rotatable bonds is 3. The van der Waals surface area contributed by atoms with Crippen LogP contribution in [-0.2, 0) is 11.3 Å². The molecule has 0 radical (unpaired) electrons. The summed E-state index contributed by atoms with van der Waals surface area (Å²) in [7, 11) is 0. The van der Waals surface area contributed by atoms with E-state index in [0.717, 1.165) is 31.9 Å². The highest BCUT2D eigenvalue weighted by Gasteiger charge is 2.11. The van der Waals surface area contributed by atoms with Gasteiger partial charge < -0.3 is 20.7 Å². The molecule has 1 saturated heterocycles. The molecule has 0 aromatic heterocycles. The predicted octanol–water partition coefficient (Wildman–Crippen LogP) is 1.73. The molecule has 21 heavy (non-hydrogen) atoms. The summed E-state index contributed by atoms with van der Waals surface area (Å²) in [4.78, 5) is 6.71. The monoisotopic (exact) mass is 290 g/mol. The Morgan fingerprint density at radius 3 is 2.43 bits per heavy atom. The van der Waals surface area contributed by atoms with E-state index in [4.69, 9.17) is 10.5 Å². The van der Waals surface area contributed by atoms with Gasteiger partial charge in [-0.3, -0.25) is 0 Å². The fourth-order valence-corrected chi connectivity index (χ4v) is 2.23. The molecule has 1 aromatic rings. The van der Waals surface area contributed by atoms with E-state index in [1.54, 1.807) is 0 Å². The molecule has 1 fully saturated rings. The van der Waals surface area contributed by atoms with Gasteiger partial charge in [0.1, 0.15) is 0 Å². The molecular formula is C16H26N4O. The third-order valence-corrected chi connectivity index (χ3v) is 3.25. The highest BCUT2D eigenvalue weighted by atomic mass is 16.5. The third kappa shape index (κ3) is 5.27. The number of benzene rings is 1. The second-order valence-electron chi connectivity index (χ2n) is 6.34. The number of ether oxygens (including phenoxy) is 1. The van der Waals surface area contributed by atoms with Gasteiger partial charge in [-0.15, -0.1) is 0 Å². The number of hydrogen-bond donors (Lipinski definition) is 2. The molecule has 0 amide bonds. The maximum atomic E-state index is 5.87. The van der Waals surface area contributed by atoms with Gasteiger partial charge in [-0.25, -0.2) is 4.99 Å². The summed E-state index contributed by atoms with van der Waals surface area (Å²) in [6, 6.07) is 8.50. The van der Waals surface area contributed by atoms with Gasteiger partial charge >= 0.3 is 0 Å². The minimum Gasteiger partial charge on any atom is -0.378 e. The molecule has 5 nitrogen and oxygen atoms in total. The minimum absolute atomic E-state index is 0.0617. The largest absolute Gasteiger partial charge is 0.378 e. The Hall–Kier alpha value is -1.75. The standard InChI is InChI=1S/C16H26N4O/c1-16(2,3)19-15(17)18-12-13-4-6-14(7-5-13)20-8-10-21-11-9-20/h4-7H,8-12H2,1-3H3,(H3,17,18,19). The zero-order chi connectivity index (χ0) is 15.3. The number of anilines is 1. The van der Waals surface area contributed by atoms with E-state index in [-0.39, 0.29) is 5.54 Å². The minimum atomic E-state index is -0.0617. The Balaban J connectivity index is 1.91. The molecule has 116 valence electrons. The lowest BCUT2D eigenvalue weighted by Gasteiger charge is -2.28. The molecule has 0 aliphatic carbocycles. The van der Waals surface area contributed by atoms with Crippen LogP contribution in [0.3, 0.4) is 0 Å². The SMILES string of the molecule is CC(C)(C)NC(N)=NCc1ccc(N2CCOCC2)cc1. The number of aliphatic imine (C=N–C) groups is 1. The first kappa shape index (κ1) is 15.6. The van der Waals surface area contributed by atoms with Crippen molar-refractivity contribution in [2.24, 2.45) is 10.7 Å². The van der Waals surface area contributed by atoms with Crippen molar-refractivity contribution in [3.8, 4) is 0 Å². The topological polar surface area (TPSA) is 62.9 Å². The molecule has 0 saturated carbocycles. The average Bonchev–Trinajstić information content (AvgIpc) is 2.45. The number of nitrogens with two attached hydrogens (primary N) is 1. The second-order valence-corrected chi connectivity index (χ2v) is 6.34. The van der Waals surface area contributed by atoms with Crippen LogP contribution in [-0.4, -0.2) is 37.8 Å². The van der Waals surface area contributed by atoms with E-state index in [2.05, 4.69) is 60.2 Å². The molecule has 1 heterocycles. The Kier molecular flexibility index (Phi) is 5.07. The van der Waals surface area contributed by atoms with Crippen molar-refractivity contribution in [1.82, 2.24) is 5.32 Å². The zero-order valence-corrected chi connectivity index (χ0v) is 13.2. The molecule has 3 N–H and O–H groups in total. The van der Waals surface area contributed by atoms with Crippen LogP contribution >= 0.6 is 0 Å². The van der Waals surface area contributed by atoms with Crippen molar-refractivity contribution >= 4 is 11.6 Å². The number of hydrogen-bond acceptors (Lipinski definition) is 3. The zero-order valence-electron chi connectivity index (χ0n) is 13.2. The van der Waals surface area contributed by atoms with Gasteiger partial charge in [0.25, 0.3) is 0 Å². The van der Waals surface area contributed by atoms with Crippen molar-refractivity contribution in [3.63, 3.8) is 0 Å². The Bertz CT molecular complexity index is 470. The highest BCUT2D eigenvalue weighted by Crippen LogP contribution is 2.17. The summed E-state index contributed by atoms with van der Waals surface area (Å²) in [5.74, 6) is 0.486. The maximum Gasteiger partial charge on any atom is 0.189 e. The first-order valence-corrected chi connectivity index (χ1v) is 7.44. The van der Waals surface area contributed by atoms with Crippen molar-refractivity contribution in [1.29, 1.82) is 0 Å². The van der Waals surface area contributed by atoms with Crippen molar-refractivity contribution < 1.29 is 4.74 Å². The van der Waals surface area contributed by atoms with Crippen molar-refractivity contribution in [2.45, 2.75) is 32.9 Å². The molecule has 1 aliphatic heterocycles. The Morgan fingerprint density at radius 2 is 1.86 bits per heavy atom. The van der Waals surface area contributed by atoms with E-state index < -0.39 is 0 Å². The number of morpholine rings is 1. The lowest BCUT2D eigenvalue weighted by atomic mass is 10.1. The number of nitrogens with one attached hydrogen (secondary N) is 1. The molecule has 0 spiro atoms. The van der Waals surface area contributed by atoms with Crippen LogP contribution < -0.4 is 16.0 Å². The Labute approximate surface area is 127 Å². The van der Waals surface area contributed by atoms with Crippen LogP contribution in [0.2, 0.25) is 0 Å². The van der Waals surface area contributed by atoms with Gasteiger partial charge in [0.2, 0.25) is 0 Å². The molecule has 1 aliphatic rings. The average molecular weight is 290 g/mol. The summed E-state index contributed by atoms with van der Waals surface area (Å²) >= 11 is 0. The normalized spacial score (nSPS) is 16.9. The fourth-order valence-electron chi connectivity index (χ4n) is 2.23. The third-order valence-electron chi connectivity index (χ3n) is 3.25. The summed E-state index contributed by atoms with van der Waals surface area (Å²) in [5, 5.41) is 3.16. The summed E-state index contributed by atoms with van der Waals surface area (Å²) < 4.78 is 5.37. The van der Waals surface area contributed by atoms with Crippen LogP contribution in [0.15, 0.2) is 29.3 Å². The van der Waals surface area contributed by atoms with Gasteiger partial charge in [-0.2, -0.15) is 0 Å². The molecule has 0 atom stereocenters. The van der Waals surface area contributed by atoms with Gasteiger partial charge in [0.05, 0.1) is 19.8 Å². The lowest BCUT2D eigenvalue weighted by Crippen LogP contribution is -2.44. The van der Waals surface area contributed by atoms with Gasteiger partial charge in [0.15, 0.2) is 5.96 Å². The highest BCUT2D eigenvalue weighted by molar-refractivity contribution is 5.78. The van der Waals surface area contributed by atoms with Crippen molar-refractivity contribution in [3.05, 3.63) is 29.8 Å². The fraction of sp³-hybridized carbons (Fsp3) is 0.562. The van der Waals surface area contributed by atoms with E-state index in [9.17, 15) is 0 Å². The van der Waals surface area contributed by atoms with Gasteiger partial charge in [-0.05, 0) is 38.5 Å². The van der Waals surface area contributed by atoms with Crippen LogP contribution in [0, 0.1) is 0 Å². The number of guanidine groups is 1. The number of nitrogens with zero attached hydrogens (tertiary/aromatic N) is 2. The van der Waals surface area contributed by atoms with Gasteiger partial charge in [-0.1, -0.05) is 12.1 Å². The first-order valence-electron chi connectivity index (χ1n) is 7.44. The van der Waals surface area contributed by atoms with Crippen LogP contribution in [0.25, 0.3) is 0 Å². The summed E-state index contributed by atoms with van der Waals surface area (Å²) in [5.41, 5.74) is 8.21. The summed E-state index contributed by atoms with van der Waals surface area (Å²) in [6.45, 7) is 10.3. The predicted molar refractivity (Wildman–Crippen MR) is 87.7 cm³/mol. The molecule has 0 bridgehead atoms. The van der Waals surface area contributed by atoms with E-state index in [1.807, 2.05) is 0 Å². The smallest absolute Gasteiger partial charge is 0.189 e. The Morgan fingerprint density at radius 1 is 1.24 bits per heavy atom. The van der Waals surface area contributed by atoms with Crippen LogP contribution in [0.1, 0.15) is 26.3 Å². The molecule has 2 rings (SSSR count). The van der Waals surface area contributed by atoms with E-state index in [0.29, 0.717) is 12.5 Å². The van der Waals surface area contributed by atoms with Crippen LogP contribution in [0.5, 0.6) is 0 Å². The maximum absolute atomic E-state index is 5.87. The van der Waals surface area contributed by atoms with Crippen molar-refractivity contribution in [2.75, 3.05) is 31.2 Å². The van der Waals surface area contributed by atoms with E-state index >= 15 is 0 Å². The van der Waals surface area contributed by atoms with Crippen LogP contribution in [0.4, 0.5) is 5.69 Å². The lowest BCUT2D eigenvalue weighted by molar-refractivity contribution is 0.122. The first-order chi connectivity index (χ1) is 9.94. The molecule has 5 heteroatoms. The van der Waals surface area contributed by atoms with Gasteiger partial charge in [0, 0.05) is 24.3 Å².